The number of benzene rings is 2. The van der Waals surface area contributed by atoms with E-state index in [1.54, 1.807) is 0 Å². The highest BCUT2D eigenvalue weighted by Gasteiger charge is 1.96. The van der Waals surface area contributed by atoms with Gasteiger partial charge in [0.25, 0.3) is 0 Å². The first kappa shape index (κ1) is 10.3. The molecule has 15 heavy (non-hydrogen) atoms. The molecule has 0 heterocycles. The van der Waals surface area contributed by atoms with Crippen molar-refractivity contribution in [1.29, 1.82) is 0 Å². The molecular formula is C14H13Cl. The highest BCUT2D eigenvalue weighted by atomic mass is 35.5. The summed E-state index contributed by atoms with van der Waals surface area (Å²) in [4.78, 5) is 0. The van der Waals surface area contributed by atoms with Crippen LogP contribution in [0.15, 0.2) is 54.6 Å². The maximum atomic E-state index is 5.80. The summed E-state index contributed by atoms with van der Waals surface area (Å²) in [6, 6.07) is 18.9. The molecule has 0 saturated heterocycles. The first-order valence-electron chi connectivity index (χ1n) is 5.06. The maximum Gasteiger partial charge on any atom is 0.0474 e. The summed E-state index contributed by atoms with van der Waals surface area (Å²) in [5.74, 6) is 0.586. The number of halogens is 1. The molecule has 2 aromatic rings. The first-order valence-corrected chi connectivity index (χ1v) is 5.59. The van der Waals surface area contributed by atoms with Gasteiger partial charge in [-0.25, -0.2) is 0 Å². The van der Waals surface area contributed by atoms with Crippen LogP contribution in [-0.2, 0) is 12.3 Å². The molecule has 0 aliphatic rings. The van der Waals surface area contributed by atoms with Crippen LogP contribution in [0, 0.1) is 0 Å². The summed E-state index contributed by atoms with van der Waals surface area (Å²) >= 11 is 5.80. The van der Waals surface area contributed by atoms with Crippen molar-refractivity contribution in [2.75, 3.05) is 0 Å². The van der Waals surface area contributed by atoms with Crippen molar-refractivity contribution >= 4 is 11.6 Å². The molecule has 0 fully saturated rings. The zero-order valence-corrected chi connectivity index (χ0v) is 9.24. The van der Waals surface area contributed by atoms with Gasteiger partial charge in [-0.2, -0.15) is 0 Å². The standard InChI is InChI=1S/C14H13Cl/c15-11-14-8-4-7-13(10-14)9-12-5-2-1-3-6-12/h1-8,10H,9,11H2. The molecule has 1 heteroatoms. The smallest absolute Gasteiger partial charge is 0.0474 e. The highest BCUT2D eigenvalue weighted by Crippen LogP contribution is 2.12. The summed E-state index contributed by atoms with van der Waals surface area (Å²) < 4.78 is 0. The first-order chi connectivity index (χ1) is 7.38. The van der Waals surface area contributed by atoms with Gasteiger partial charge in [0.15, 0.2) is 0 Å². The SMILES string of the molecule is ClCc1cccc(Cc2ccccc2)c1. The van der Waals surface area contributed by atoms with E-state index in [-0.39, 0.29) is 0 Å². The van der Waals surface area contributed by atoms with Gasteiger partial charge in [0.2, 0.25) is 0 Å². The Hall–Kier alpha value is -1.27. The largest absolute Gasteiger partial charge is 0.122 e. The lowest BCUT2D eigenvalue weighted by Gasteiger charge is -2.03. The van der Waals surface area contributed by atoms with Gasteiger partial charge in [0.05, 0.1) is 0 Å². The highest BCUT2D eigenvalue weighted by molar-refractivity contribution is 6.17. The predicted molar refractivity (Wildman–Crippen MR) is 65.2 cm³/mol. The van der Waals surface area contributed by atoms with Crippen molar-refractivity contribution in [1.82, 2.24) is 0 Å². The van der Waals surface area contributed by atoms with E-state index < -0.39 is 0 Å². The molecule has 2 rings (SSSR count). The number of rotatable bonds is 3. The zero-order valence-electron chi connectivity index (χ0n) is 8.49. The van der Waals surface area contributed by atoms with Crippen molar-refractivity contribution in [3.05, 3.63) is 71.3 Å². The van der Waals surface area contributed by atoms with Crippen LogP contribution in [-0.4, -0.2) is 0 Å². The van der Waals surface area contributed by atoms with Crippen LogP contribution >= 0.6 is 11.6 Å². The summed E-state index contributed by atoms with van der Waals surface area (Å²) in [6.07, 6.45) is 0.978. The minimum Gasteiger partial charge on any atom is -0.122 e. The summed E-state index contributed by atoms with van der Waals surface area (Å²) in [6.45, 7) is 0. The fraction of sp³-hybridized carbons (Fsp3) is 0.143. The molecule has 0 atom stereocenters. The molecule has 0 N–H and O–H groups in total. The Morgan fingerprint density at radius 3 is 2.13 bits per heavy atom. The Bertz CT molecular complexity index is 420. The van der Waals surface area contributed by atoms with Gasteiger partial charge >= 0.3 is 0 Å². The lowest BCUT2D eigenvalue weighted by molar-refractivity contribution is 1.18. The Morgan fingerprint density at radius 1 is 0.733 bits per heavy atom. The van der Waals surface area contributed by atoms with E-state index >= 15 is 0 Å². The van der Waals surface area contributed by atoms with Crippen molar-refractivity contribution in [2.24, 2.45) is 0 Å². The van der Waals surface area contributed by atoms with Gasteiger partial charge in [-0.1, -0.05) is 54.6 Å². The molecule has 0 aliphatic carbocycles. The van der Waals surface area contributed by atoms with E-state index in [9.17, 15) is 0 Å². The quantitative estimate of drug-likeness (QED) is 0.680. The Morgan fingerprint density at radius 2 is 1.40 bits per heavy atom. The second-order valence-electron chi connectivity index (χ2n) is 3.62. The van der Waals surface area contributed by atoms with Crippen LogP contribution in [0.4, 0.5) is 0 Å². The molecule has 2 aromatic carbocycles. The molecule has 0 saturated carbocycles. The monoisotopic (exact) mass is 216 g/mol. The molecule has 0 bridgehead atoms. The summed E-state index contributed by atoms with van der Waals surface area (Å²) in [7, 11) is 0. The van der Waals surface area contributed by atoms with Gasteiger partial charge < -0.3 is 0 Å². The lowest BCUT2D eigenvalue weighted by atomic mass is 10.0. The van der Waals surface area contributed by atoms with Crippen LogP contribution in [0.2, 0.25) is 0 Å². The van der Waals surface area contributed by atoms with Gasteiger partial charge in [-0.15, -0.1) is 11.6 Å². The van der Waals surface area contributed by atoms with Crippen molar-refractivity contribution < 1.29 is 0 Å². The maximum absolute atomic E-state index is 5.80. The van der Waals surface area contributed by atoms with Crippen LogP contribution < -0.4 is 0 Å². The second kappa shape index (κ2) is 4.99. The van der Waals surface area contributed by atoms with Crippen molar-refractivity contribution in [3.8, 4) is 0 Å². The van der Waals surface area contributed by atoms with E-state index in [1.807, 2.05) is 6.07 Å². The van der Waals surface area contributed by atoms with Gasteiger partial charge in [0.1, 0.15) is 0 Å². The topological polar surface area (TPSA) is 0 Å². The van der Waals surface area contributed by atoms with Gasteiger partial charge in [0, 0.05) is 5.88 Å². The van der Waals surface area contributed by atoms with E-state index in [1.165, 1.54) is 16.7 Å². The molecule has 0 spiro atoms. The molecule has 0 radical (unpaired) electrons. The van der Waals surface area contributed by atoms with E-state index in [0.717, 1.165) is 6.42 Å². The molecule has 0 nitrogen and oxygen atoms in total. The molecule has 76 valence electrons. The fourth-order valence-electron chi connectivity index (χ4n) is 1.65. The third-order valence-electron chi connectivity index (χ3n) is 2.40. The van der Waals surface area contributed by atoms with E-state index in [0.29, 0.717) is 5.88 Å². The van der Waals surface area contributed by atoms with Crippen LogP contribution in [0.5, 0.6) is 0 Å². The molecule has 0 aliphatic heterocycles. The van der Waals surface area contributed by atoms with E-state index in [2.05, 4.69) is 48.5 Å². The number of alkyl halides is 1. The summed E-state index contributed by atoms with van der Waals surface area (Å²) in [5.41, 5.74) is 3.84. The lowest BCUT2D eigenvalue weighted by Crippen LogP contribution is -1.88. The van der Waals surface area contributed by atoms with E-state index in [4.69, 9.17) is 11.6 Å². The Kier molecular flexibility index (Phi) is 3.41. The normalized spacial score (nSPS) is 10.2. The predicted octanol–water partition coefficient (Wildman–Crippen LogP) is 4.02. The number of hydrogen-bond acceptors (Lipinski definition) is 0. The molecule has 0 unspecified atom stereocenters. The zero-order chi connectivity index (χ0) is 10.5. The van der Waals surface area contributed by atoms with Crippen molar-refractivity contribution in [2.45, 2.75) is 12.3 Å². The van der Waals surface area contributed by atoms with Gasteiger partial charge in [-0.05, 0) is 23.1 Å². The minimum absolute atomic E-state index is 0.586. The average molecular weight is 217 g/mol. The Labute approximate surface area is 95.5 Å². The minimum atomic E-state index is 0.586. The Balaban J connectivity index is 2.17. The third-order valence-corrected chi connectivity index (χ3v) is 2.71. The number of hydrogen-bond donors (Lipinski definition) is 0. The van der Waals surface area contributed by atoms with Crippen LogP contribution in [0.3, 0.4) is 0 Å². The van der Waals surface area contributed by atoms with Crippen LogP contribution in [0.1, 0.15) is 16.7 Å². The molecule has 0 amide bonds. The molecular weight excluding hydrogens is 204 g/mol. The third kappa shape index (κ3) is 2.84. The van der Waals surface area contributed by atoms with Crippen LogP contribution in [0.25, 0.3) is 0 Å². The summed E-state index contributed by atoms with van der Waals surface area (Å²) in [5, 5.41) is 0. The fourth-order valence-corrected chi connectivity index (χ4v) is 1.82. The molecule has 0 aromatic heterocycles. The second-order valence-corrected chi connectivity index (χ2v) is 3.88. The van der Waals surface area contributed by atoms with Crippen molar-refractivity contribution in [3.63, 3.8) is 0 Å². The van der Waals surface area contributed by atoms with Gasteiger partial charge in [-0.3, -0.25) is 0 Å². The average Bonchev–Trinajstić information content (AvgIpc) is 2.31.